The third kappa shape index (κ3) is 4.09. The molecule has 2 heterocycles. The van der Waals surface area contributed by atoms with Crippen LogP contribution in [0.4, 0.5) is 5.82 Å². The summed E-state index contributed by atoms with van der Waals surface area (Å²) in [6.07, 6.45) is 3.34. The zero-order chi connectivity index (χ0) is 18.7. The molecule has 0 spiro atoms. The zero-order valence-corrected chi connectivity index (χ0v) is 15.4. The molecule has 0 saturated carbocycles. The van der Waals surface area contributed by atoms with E-state index in [4.69, 9.17) is 5.73 Å². The Morgan fingerprint density at radius 2 is 2.12 bits per heavy atom. The van der Waals surface area contributed by atoms with Gasteiger partial charge < -0.3 is 21.4 Å². The number of rotatable bonds is 6. The molecule has 3 rings (SSSR count). The molecule has 26 heavy (non-hydrogen) atoms. The Morgan fingerprint density at radius 3 is 2.81 bits per heavy atom. The van der Waals surface area contributed by atoms with Gasteiger partial charge in [-0.3, -0.25) is 9.59 Å². The molecule has 0 radical (unpaired) electrons. The molecule has 0 bridgehead atoms. The monoisotopic (exact) mass is 371 g/mol. The second kappa shape index (κ2) is 7.27. The summed E-state index contributed by atoms with van der Waals surface area (Å²) >= 11 is 1.61. The van der Waals surface area contributed by atoms with Gasteiger partial charge in [0.25, 0.3) is 0 Å². The normalized spacial score (nSPS) is 12.7. The molecular weight excluding hydrogens is 350 g/mol. The molecule has 1 aromatic carbocycles. The summed E-state index contributed by atoms with van der Waals surface area (Å²) in [5.41, 5.74) is 5.79. The number of fused-ring (bicyclic) bond motifs is 1. The van der Waals surface area contributed by atoms with Crippen LogP contribution < -0.4 is 16.4 Å². The van der Waals surface area contributed by atoms with Crippen LogP contribution >= 0.6 is 11.3 Å². The predicted molar refractivity (Wildman–Crippen MR) is 103 cm³/mol. The average Bonchev–Trinajstić information content (AvgIpc) is 3.23. The van der Waals surface area contributed by atoms with Crippen molar-refractivity contribution in [2.24, 2.45) is 5.73 Å². The van der Waals surface area contributed by atoms with Gasteiger partial charge in [-0.1, -0.05) is 18.2 Å². The number of carbonyl (C=O) groups is 2. The van der Waals surface area contributed by atoms with Crippen molar-refractivity contribution in [3.63, 3.8) is 0 Å². The summed E-state index contributed by atoms with van der Waals surface area (Å²) in [7, 11) is 0. The molecule has 3 aromatic rings. The first-order chi connectivity index (χ1) is 12.3. The van der Waals surface area contributed by atoms with Crippen LogP contribution in [0.3, 0.4) is 0 Å². The average molecular weight is 371 g/mol. The van der Waals surface area contributed by atoms with Crippen molar-refractivity contribution in [3.8, 4) is 0 Å². The maximum atomic E-state index is 12.7. The number of nitrogens with zero attached hydrogens (tertiary/aromatic N) is 1. The van der Waals surface area contributed by atoms with Crippen molar-refractivity contribution in [2.45, 2.75) is 31.8 Å². The van der Waals surface area contributed by atoms with E-state index in [-0.39, 0.29) is 11.8 Å². The lowest BCUT2D eigenvalue weighted by Crippen LogP contribution is -2.55. The molecule has 0 aliphatic heterocycles. The Morgan fingerprint density at radius 1 is 1.35 bits per heavy atom. The lowest BCUT2D eigenvalue weighted by molar-refractivity contribution is -0.129. The fourth-order valence-corrected chi connectivity index (χ4v) is 3.48. The number of carbonyl (C=O) groups excluding carboxylic acids is 2. The molecule has 0 fully saturated rings. The number of aromatic nitrogens is 2. The molecule has 2 amide bonds. The van der Waals surface area contributed by atoms with Crippen LogP contribution in [0.5, 0.6) is 0 Å². The quantitative estimate of drug-likeness (QED) is 0.531. The summed E-state index contributed by atoms with van der Waals surface area (Å²) in [6, 6.07) is 7.22. The molecule has 2 aromatic heterocycles. The number of anilines is 1. The number of hydrogen-bond donors (Lipinski definition) is 4. The van der Waals surface area contributed by atoms with E-state index in [1.54, 1.807) is 25.2 Å². The third-order valence-corrected chi connectivity index (χ3v) is 4.96. The molecule has 136 valence electrons. The largest absolute Gasteiger partial charge is 0.342 e. The highest BCUT2D eigenvalue weighted by Gasteiger charge is 2.29. The van der Waals surface area contributed by atoms with E-state index in [1.165, 1.54) is 12.5 Å². The fourth-order valence-electron chi connectivity index (χ4n) is 2.51. The number of aromatic amines is 1. The fraction of sp³-hybridized carbons (Fsp3) is 0.278. The lowest BCUT2D eigenvalue weighted by Gasteiger charge is -2.23. The highest BCUT2D eigenvalue weighted by Crippen LogP contribution is 2.26. The highest BCUT2D eigenvalue weighted by molar-refractivity contribution is 7.17. The Bertz CT molecular complexity index is 911. The molecule has 7 nitrogen and oxygen atoms in total. The van der Waals surface area contributed by atoms with Crippen LogP contribution in [0.1, 0.15) is 19.4 Å². The van der Waals surface area contributed by atoms with Crippen LogP contribution in [0.15, 0.2) is 42.2 Å². The second-order valence-corrected chi connectivity index (χ2v) is 7.57. The smallest absolute Gasteiger partial charge is 0.248 e. The number of benzene rings is 1. The Labute approximate surface area is 155 Å². The topological polar surface area (TPSA) is 113 Å². The van der Waals surface area contributed by atoms with Gasteiger partial charge in [-0.2, -0.15) is 0 Å². The van der Waals surface area contributed by atoms with Crippen LogP contribution in [0.2, 0.25) is 0 Å². The first kappa shape index (κ1) is 18.1. The SMILES string of the molecule is CC(C)(N)C(=O)N[C@H](Cc1csc2ccccc12)C(=O)Nc1cnc[nH]1. The van der Waals surface area contributed by atoms with E-state index in [9.17, 15) is 9.59 Å². The summed E-state index contributed by atoms with van der Waals surface area (Å²) in [5, 5.41) is 8.59. The minimum atomic E-state index is -1.08. The first-order valence-corrected chi connectivity index (χ1v) is 9.07. The summed E-state index contributed by atoms with van der Waals surface area (Å²) in [4.78, 5) is 31.8. The summed E-state index contributed by atoms with van der Waals surface area (Å²) < 4.78 is 1.14. The van der Waals surface area contributed by atoms with Crippen molar-refractivity contribution in [2.75, 3.05) is 5.32 Å². The van der Waals surface area contributed by atoms with Gasteiger partial charge in [0, 0.05) is 11.1 Å². The van der Waals surface area contributed by atoms with E-state index >= 15 is 0 Å². The van der Waals surface area contributed by atoms with Crippen LogP contribution in [-0.2, 0) is 16.0 Å². The number of thiophene rings is 1. The first-order valence-electron chi connectivity index (χ1n) is 8.19. The zero-order valence-electron chi connectivity index (χ0n) is 14.6. The van der Waals surface area contributed by atoms with Crippen molar-refractivity contribution in [3.05, 3.63) is 47.7 Å². The van der Waals surface area contributed by atoms with Gasteiger partial charge in [-0.25, -0.2) is 4.98 Å². The van der Waals surface area contributed by atoms with Gasteiger partial charge in [0.2, 0.25) is 11.8 Å². The molecule has 1 atom stereocenters. The number of nitrogens with two attached hydrogens (primary N) is 1. The van der Waals surface area contributed by atoms with Gasteiger partial charge in [-0.05, 0) is 36.2 Å². The van der Waals surface area contributed by atoms with Crippen LogP contribution in [0, 0.1) is 0 Å². The maximum absolute atomic E-state index is 12.7. The standard InChI is InChI=1S/C18H21N5O2S/c1-18(2,19)17(25)22-13(16(24)23-15-8-20-10-21-15)7-11-9-26-14-6-4-3-5-12(11)14/h3-6,8-10,13H,7,19H2,1-2H3,(H,20,21)(H,22,25)(H,23,24)/t13-/m1/s1. The summed E-state index contributed by atoms with van der Waals surface area (Å²) in [5.74, 6) is -0.250. The molecule has 8 heteroatoms. The Hall–Kier alpha value is -2.71. The Balaban J connectivity index is 1.84. The minimum Gasteiger partial charge on any atom is -0.342 e. The van der Waals surface area contributed by atoms with Crippen LogP contribution in [0.25, 0.3) is 10.1 Å². The molecule has 0 aliphatic carbocycles. The van der Waals surface area contributed by atoms with Gasteiger partial charge in [0.1, 0.15) is 11.9 Å². The van der Waals surface area contributed by atoms with Gasteiger partial charge in [-0.15, -0.1) is 11.3 Å². The number of imidazole rings is 1. The van der Waals surface area contributed by atoms with E-state index in [0.29, 0.717) is 12.2 Å². The predicted octanol–water partition coefficient (Wildman–Crippen LogP) is 2.03. The van der Waals surface area contributed by atoms with Crippen molar-refractivity contribution < 1.29 is 9.59 Å². The highest BCUT2D eigenvalue weighted by atomic mass is 32.1. The van der Waals surface area contributed by atoms with Crippen molar-refractivity contribution >= 4 is 39.1 Å². The van der Waals surface area contributed by atoms with Crippen molar-refractivity contribution in [1.29, 1.82) is 0 Å². The van der Waals surface area contributed by atoms with E-state index in [1.807, 2.05) is 29.6 Å². The molecule has 0 unspecified atom stereocenters. The maximum Gasteiger partial charge on any atom is 0.248 e. The number of nitrogens with one attached hydrogen (secondary N) is 3. The van der Waals surface area contributed by atoms with E-state index in [2.05, 4.69) is 20.6 Å². The van der Waals surface area contributed by atoms with Gasteiger partial charge in [0.15, 0.2) is 0 Å². The molecular formula is C18H21N5O2S. The second-order valence-electron chi connectivity index (χ2n) is 6.66. The third-order valence-electron chi connectivity index (χ3n) is 3.95. The number of H-pyrrole nitrogens is 1. The minimum absolute atomic E-state index is 0.331. The molecule has 0 aliphatic rings. The van der Waals surface area contributed by atoms with E-state index in [0.717, 1.165) is 15.6 Å². The number of hydrogen-bond acceptors (Lipinski definition) is 5. The van der Waals surface area contributed by atoms with E-state index < -0.39 is 11.6 Å². The summed E-state index contributed by atoms with van der Waals surface area (Å²) in [6.45, 7) is 3.21. The molecule has 5 N–H and O–H groups in total. The van der Waals surface area contributed by atoms with Gasteiger partial charge >= 0.3 is 0 Å². The lowest BCUT2D eigenvalue weighted by atomic mass is 10.0. The van der Waals surface area contributed by atoms with Gasteiger partial charge in [0.05, 0.1) is 18.1 Å². The van der Waals surface area contributed by atoms with Crippen LogP contribution in [-0.4, -0.2) is 33.4 Å². The number of amides is 2. The Kier molecular flexibility index (Phi) is 5.06. The van der Waals surface area contributed by atoms with Crippen molar-refractivity contribution in [1.82, 2.24) is 15.3 Å². The molecule has 0 saturated heterocycles.